The van der Waals surface area contributed by atoms with Crippen molar-refractivity contribution >= 4 is 55.7 Å². The first-order valence-electron chi connectivity index (χ1n) is 11.6. The van der Waals surface area contributed by atoms with Crippen LogP contribution in [0.4, 0.5) is 17.1 Å². The van der Waals surface area contributed by atoms with Crippen molar-refractivity contribution in [2.45, 2.75) is 6.92 Å². The maximum Gasteiger partial charge on any atom is 0.0973 e. The molecule has 0 radical (unpaired) electrons. The molecule has 5 aromatic carbocycles. The summed E-state index contributed by atoms with van der Waals surface area (Å²) >= 11 is 0. The van der Waals surface area contributed by atoms with Crippen LogP contribution in [-0.2, 0) is 0 Å². The minimum Gasteiger partial charge on any atom is -0.398 e. The Hall–Kier alpha value is -4.70. The molecule has 0 atom stereocenters. The molecule has 0 fully saturated rings. The third-order valence-electron chi connectivity index (χ3n) is 6.50. The number of nitrogens with zero attached hydrogens (tertiary/aromatic N) is 2. The van der Waals surface area contributed by atoms with Crippen molar-refractivity contribution in [1.29, 1.82) is 0 Å². The minimum atomic E-state index is 0.678. The van der Waals surface area contributed by atoms with Gasteiger partial charge in [-0.15, -0.1) is 0 Å². The van der Waals surface area contributed by atoms with Gasteiger partial charge in [0.15, 0.2) is 0 Å². The van der Waals surface area contributed by atoms with E-state index in [-0.39, 0.29) is 0 Å². The zero-order valence-corrected chi connectivity index (χ0v) is 19.4. The van der Waals surface area contributed by atoms with Crippen LogP contribution in [0.25, 0.3) is 27.2 Å². The first kappa shape index (κ1) is 20.9. The fraction of sp³-hybridized carbons (Fsp3) is 0.0323. The van der Waals surface area contributed by atoms with Gasteiger partial charge >= 0.3 is 0 Å². The number of aryl methyl sites for hydroxylation is 1. The Morgan fingerprint density at radius 1 is 0.629 bits per heavy atom. The summed E-state index contributed by atoms with van der Waals surface area (Å²) in [5.41, 5.74) is 20.5. The lowest BCUT2D eigenvalue weighted by molar-refractivity contribution is 1.41. The molecule has 0 bridgehead atoms. The van der Waals surface area contributed by atoms with Crippen LogP contribution in [-0.4, -0.2) is 11.4 Å². The van der Waals surface area contributed by atoms with Crippen molar-refractivity contribution < 1.29 is 0 Å². The van der Waals surface area contributed by atoms with E-state index in [0.717, 1.165) is 66.7 Å². The zero-order chi connectivity index (χ0) is 23.9. The number of nitrogens with two attached hydrogens (primary N) is 2. The molecule has 4 N–H and O–H groups in total. The fourth-order valence-electron chi connectivity index (χ4n) is 4.80. The Balaban J connectivity index is 1.65. The second-order valence-electron chi connectivity index (χ2n) is 8.78. The van der Waals surface area contributed by atoms with Gasteiger partial charge in [-0.05, 0) is 36.1 Å². The van der Waals surface area contributed by atoms with Gasteiger partial charge in [-0.2, -0.15) is 0 Å². The number of anilines is 1. The second-order valence-corrected chi connectivity index (χ2v) is 8.78. The summed E-state index contributed by atoms with van der Waals surface area (Å²) in [4.78, 5) is 10.4. The molecule has 0 unspecified atom stereocenters. The largest absolute Gasteiger partial charge is 0.398 e. The first-order chi connectivity index (χ1) is 17.1. The summed E-state index contributed by atoms with van der Waals surface area (Å²) in [7, 11) is 0. The number of benzene rings is 5. The molecule has 5 aromatic rings. The Morgan fingerprint density at radius 2 is 1.29 bits per heavy atom. The first-order valence-corrected chi connectivity index (χ1v) is 11.6. The molecule has 1 aliphatic carbocycles. The van der Waals surface area contributed by atoms with Crippen LogP contribution in [0.2, 0.25) is 0 Å². The number of aliphatic imine (C=N–C) groups is 2. The van der Waals surface area contributed by atoms with Gasteiger partial charge in [0.2, 0.25) is 0 Å². The highest BCUT2D eigenvalue weighted by Gasteiger charge is 2.22. The van der Waals surface area contributed by atoms with E-state index in [2.05, 4.69) is 30.3 Å². The Morgan fingerprint density at radius 3 is 2.11 bits per heavy atom. The highest BCUT2D eigenvalue weighted by Crippen LogP contribution is 2.36. The van der Waals surface area contributed by atoms with Gasteiger partial charge in [0.1, 0.15) is 0 Å². The standard InChI is InChI=1S/C31H24N4/c1-19-17-26(32)22-12-4-6-14-24(22)30(19)35-31-25-15-7-5-13-23(25)27(33)18-29(31)34-28-16-8-10-20-9-2-3-11-21(20)28/h2-18H,32-33H2,1H3/b34-29+,35-31-. The molecule has 0 heterocycles. The lowest BCUT2D eigenvalue weighted by Gasteiger charge is -2.20. The van der Waals surface area contributed by atoms with Crippen LogP contribution in [0, 0.1) is 6.92 Å². The molecule has 0 spiro atoms. The SMILES string of the molecule is Cc1cc(N)c2ccccc2c1/N=C1\C(=N\c2cccc3ccccc23)C=C(N)c2ccccc21. The van der Waals surface area contributed by atoms with E-state index in [1.807, 2.05) is 79.7 Å². The predicted octanol–water partition coefficient (Wildman–Crippen LogP) is 7.09. The Kier molecular flexibility index (Phi) is 4.93. The van der Waals surface area contributed by atoms with Crippen molar-refractivity contribution in [3.63, 3.8) is 0 Å². The number of fused-ring (bicyclic) bond motifs is 3. The molecule has 0 amide bonds. The third kappa shape index (κ3) is 3.56. The van der Waals surface area contributed by atoms with E-state index >= 15 is 0 Å². The summed E-state index contributed by atoms with van der Waals surface area (Å²) < 4.78 is 0. The maximum atomic E-state index is 6.51. The highest BCUT2D eigenvalue weighted by atomic mass is 14.8. The zero-order valence-electron chi connectivity index (χ0n) is 19.4. The Bertz CT molecular complexity index is 1720. The molecule has 6 rings (SSSR count). The molecular weight excluding hydrogens is 428 g/mol. The van der Waals surface area contributed by atoms with Crippen LogP contribution >= 0.6 is 0 Å². The van der Waals surface area contributed by atoms with Gasteiger partial charge in [-0.25, -0.2) is 9.98 Å². The molecule has 4 heteroatoms. The maximum absolute atomic E-state index is 6.51. The molecule has 35 heavy (non-hydrogen) atoms. The molecule has 168 valence electrons. The average molecular weight is 453 g/mol. The van der Waals surface area contributed by atoms with Crippen LogP contribution < -0.4 is 11.5 Å². The fourth-order valence-corrected chi connectivity index (χ4v) is 4.80. The molecule has 0 aliphatic heterocycles. The number of hydrogen-bond acceptors (Lipinski definition) is 4. The van der Waals surface area contributed by atoms with Gasteiger partial charge in [0.05, 0.1) is 22.8 Å². The molecule has 4 nitrogen and oxygen atoms in total. The van der Waals surface area contributed by atoms with E-state index in [1.165, 1.54) is 0 Å². The number of hydrogen-bond donors (Lipinski definition) is 2. The van der Waals surface area contributed by atoms with Crippen LogP contribution in [0.3, 0.4) is 0 Å². The minimum absolute atomic E-state index is 0.678. The van der Waals surface area contributed by atoms with Gasteiger partial charge in [-0.1, -0.05) is 84.9 Å². The van der Waals surface area contributed by atoms with E-state index in [1.54, 1.807) is 0 Å². The van der Waals surface area contributed by atoms with Crippen molar-refractivity contribution in [2.24, 2.45) is 15.7 Å². The quantitative estimate of drug-likeness (QED) is 0.281. The molecule has 0 saturated heterocycles. The van der Waals surface area contributed by atoms with E-state index in [4.69, 9.17) is 21.5 Å². The summed E-state index contributed by atoms with van der Waals surface area (Å²) in [5.74, 6) is 0. The number of nitrogen functional groups attached to an aromatic ring is 1. The van der Waals surface area contributed by atoms with Gasteiger partial charge < -0.3 is 11.5 Å². The lowest BCUT2D eigenvalue weighted by atomic mass is 9.91. The van der Waals surface area contributed by atoms with Crippen molar-refractivity contribution in [3.05, 3.63) is 120 Å². The highest BCUT2D eigenvalue weighted by molar-refractivity contribution is 6.55. The summed E-state index contributed by atoms with van der Waals surface area (Å²) in [6.45, 7) is 2.04. The molecule has 1 aliphatic rings. The van der Waals surface area contributed by atoms with E-state index in [9.17, 15) is 0 Å². The summed E-state index contributed by atoms with van der Waals surface area (Å²) in [5, 5.41) is 4.23. The van der Waals surface area contributed by atoms with E-state index < -0.39 is 0 Å². The Labute approximate surface area is 204 Å². The summed E-state index contributed by atoms with van der Waals surface area (Å²) in [6.07, 6.45) is 1.93. The average Bonchev–Trinajstić information content (AvgIpc) is 2.88. The smallest absolute Gasteiger partial charge is 0.0973 e. The molecule has 0 aromatic heterocycles. The topological polar surface area (TPSA) is 76.8 Å². The number of rotatable bonds is 2. The van der Waals surface area contributed by atoms with Crippen LogP contribution in [0.5, 0.6) is 0 Å². The van der Waals surface area contributed by atoms with Crippen LogP contribution in [0.1, 0.15) is 16.7 Å². The van der Waals surface area contributed by atoms with Gasteiger partial charge in [-0.3, -0.25) is 0 Å². The van der Waals surface area contributed by atoms with Crippen LogP contribution in [0.15, 0.2) is 113 Å². The second kappa shape index (κ2) is 8.26. The number of allylic oxidation sites excluding steroid dienone is 1. The van der Waals surface area contributed by atoms with Crippen molar-refractivity contribution in [1.82, 2.24) is 0 Å². The summed E-state index contributed by atoms with van der Waals surface area (Å²) in [6, 6.07) is 32.6. The third-order valence-corrected chi connectivity index (χ3v) is 6.50. The van der Waals surface area contributed by atoms with E-state index in [0.29, 0.717) is 5.70 Å². The normalized spacial score (nSPS) is 15.5. The van der Waals surface area contributed by atoms with Gasteiger partial charge in [0, 0.05) is 38.7 Å². The monoisotopic (exact) mass is 452 g/mol. The predicted molar refractivity (Wildman–Crippen MR) is 149 cm³/mol. The van der Waals surface area contributed by atoms with Crippen molar-refractivity contribution in [2.75, 3.05) is 5.73 Å². The van der Waals surface area contributed by atoms with Crippen molar-refractivity contribution in [3.8, 4) is 0 Å². The lowest BCUT2D eigenvalue weighted by Crippen LogP contribution is -2.22. The molecule has 0 saturated carbocycles. The van der Waals surface area contributed by atoms with Gasteiger partial charge in [0.25, 0.3) is 0 Å². The molecular formula is C31H24N4.